The van der Waals surface area contributed by atoms with Crippen LogP contribution in [0.5, 0.6) is 5.75 Å². The van der Waals surface area contributed by atoms with Crippen molar-refractivity contribution in [2.75, 3.05) is 38.7 Å². The number of methoxy groups -OCH3 is 1. The molecule has 1 unspecified atom stereocenters. The normalized spacial score (nSPS) is 19.5. The molecule has 2 heterocycles. The molecule has 1 aromatic heterocycles. The van der Waals surface area contributed by atoms with Gasteiger partial charge in [-0.05, 0) is 25.2 Å². The molecule has 0 spiro atoms. The van der Waals surface area contributed by atoms with Crippen LogP contribution >= 0.6 is 0 Å². The summed E-state index contributed by atoms with van der Waals surface area (Å²) in [5.74, 6) is 0.964. The summed E-state index contributed by atoms with van der Waals surface area (Å²) < 4.78 is 5.53. The highest BCUT2D eigenvalue weighted by atomic mass is 16.5. The second-order valence-corrected chi connectivity index (χ2v) is 5.39. The molecule has 1 aliphatic heterocycles. The Morgan fingerprint density at radius 3 is 2.62 bits per heavy atom. The molecule has 0 aliphatic carbocycles. The van der Waals surface area contributed by atoms with Gasteiger partial charge >= 0.3 is 0 Å². The molecule has 0 bridgehead atoms. The number of benzene rings is 1. The number of ether oxygens (including phenoxy) is 1. The van der Waals surface area contributed by atoms with Gasteiger partial charge in [0.1, 0.15) is 5.75 Å². The summed E-state index contributed by atoms with van der Waals surface area (Å²) in [7, 11) is 3.92. The van der Waals surface area contributed by atoms with E-state index in [4.69, 9.17) is 4.74 Å². The van der Waals surface area contributed by atoms with Gasteiger partial charge in [-0.25, -0.2) is 0 Å². The molecule has 0 radical (unpaired) electrons. The SMILES string of the molecule is COc1ccccc1C1CN(c2ccncc2)CCN1C. The average Bonchev–Trinajstić information content (AvgIpc) is 2.56. The lowest BCUT2D eigenvalue weighted by Crippen LogP contribution is -2.46. The van der Waals surface area contributed by atoms with E-state index in [1.54, 1.807) is 7.11 Å². The highest BCUT2D eigenvalue weighted by Crippen LogP contribution is 2.32. The summed E-state index contributed by atoms with van der Waals surface area (Å²) in [4.78, 5) is 8.92. The summed E-state index contributed by atoms with van der Waals surface area (Å²) in [6.45, 7) is 3.03. The molecule has 1 aromatic carbocycles. The lowest BCUT2D eigenvalue weighted by Gasteiger charge is -2.41. The molecule has 0 saturated carbocycles. The first-order chi connectivity index (χ1) is 10.3. The van der Waals surface area contributed by atoms with E-state index in [-0.39, 0.29) is 0 Å². The third-order valence-corrected chi connectivity index (χ3v) is 4.17. The maximum absolute atomic E-state index is 5.53. The molecule has 1 aliphatic rings. The van der Waals surface area contributed by atoms with Crippen LogP contribution in [0.3, 0.4) is 0 Å². The van der Waals surface area contributed by atoms with E-state index in [1.807, 2.05) is 24.5 Å². The van der Waals surface area contributed by atoms with Gasteiger partial charge in [0.25, 0.3) is 0 Å². The van der Waals surface area contributed by atoms with Crippen molar-refractivity contribution in [1.29, 1.82) is 0 Å². The van der Waals surface area contributed by atoms with E-state index in [9.17, 15) is 0 Å². The Bertz CT molecular complexity index is 588. The Kier molecular flexibility index (Phi) is 4.06. The van der Waals surface area contributed by atoms with Crippen LogP contribution in [0.15, 0.2) is 48.8 Å². The second-order valence-electron chi connectivity index (χ2n) is 5.39. The molecule has 21 heavy (non-hydrogen) atoms. The fraction of sp³-hybridized carbons (Fsp3) is 0.353. The summed E-state index contributed by atoms with van der Waals surface area (Å²) >= 11 is 0. The Morgan fingerprint density at radius 2 is 1.86 bits per heavy atom. The van der Waals surface area contributed by atoms with Gasteiger partial charge in [-0.3, -0.25) is 9.88 Å². The van der Waals surface area contributed by atoms with Crippen LogP contribution < -0.4 is 9.64 Å². The van der Waals surface area contributed by atoms with E-state index < -0.39 is 0 Å². The minimum Gasteiger partial charge on any atom is -0.496 e. The van der Waals surface area contributed by atoms with Gasteiger partial charge in [-0.15, -0.1) is 0 Å². The van der Waals surface area contributed by atoms with Gasteiger partial charge in [-0.2, -0.15) is 0 Å². The van der Waals surface area contributed by atoms with Gasteiger partial charge in [0.2, 0.25) is 0 Å². The minimum atomic E-state index is 0.336. The fourth-order valence-electron chi connectivity index (χ4n) is 2.94. The maximum Gasteiger partial charge on any atom is 0.123 e. The first kappa shape index (κ1) is 13.9. The van der Waals surface area contributed by atoms with Crippen LogP contribution in [0, 0.1) is 0 Å². The highest BCUT2D eigenvalue weighted by molar-refractivity contribution is 5.47. The third-order valence-electron chi connectivity index (χ3n) is 4.17. The van der Waals surface area contributed by atoms with Crippen molar-refractivity contribution in [3.63, 3.8) is 0 Å². The zero-order chi connectivity index (χ0) is 14.7. The molecule has 0 N–H and O–H groups in total. The van der Waals surface area contributed by atoms with Crippen LogP contribution in [-0.4, -0.2) is 43.7 Å². The number of piperazine rings is 1. The summed E-state index contributed by atoms with van der Waals surface area (Å²) in [5.41, 5.74) is 2.49. The van der Waals surface area contributed by atoms with Crippen LogP contribution in [0.1, 0.15) is 11.6 Å². The quantitative estimate of drug-likeness (QED) is 0.865. The summed E-state index contributed by atoms with van der Waals surface area (Å²) in [5, 5.41) is 0. The predicted octanol–water partition coefficient (Wildman–Crippen LogP) is 2.58. The van der Waals surface area contributed by atoms with Crippen LogP contribution in [-0.2, 0) is 0 Å². The number of likely N-dealkylation sites (N-methyl/N-ethyl adjacent to an activating group) is 1. The lowest BCUT2D eigenvalue weighted by atomic mass is 10.0. The first-order valence-corrected chi connectivity index (χ1v) is 7.27. The minimum absolute atomic E-state index is 0.336. The van der Waals surface area contributed by atoms with Crippen molar-refractivity contribution in [1.82, 2.24) is 9.88 Å². The maximum atomic E-state index is 5.53. The molecule has 1 fully saturated rings. The number of pyridine rings is 1. The molecular weight excluding hydrogens is 262 g/mol. The van der Waals surface area contributed by atoms with Crippen molar-refractivity contribution in [2.24, 2.45) is 0 Å². The van der Waals surface area contributed by atoms with Crippen molar-refractivity contribution < 1.29 is 4.74 Å². The zero-order valence-electron chi connectivity index (χ0n) is 12.6. The van der Waals surface area contributed by atoms with E-state index in [0.717, 1.165) is 25.4 Å². The van der Waals surface area contributed by atoms with E-state index >= 15 is 0 Å². The summed E-state index contributed by atoms with van der Waals surface area (Å²) in [6.07, 6.45) is 3.71. The number of nitrogens with zero attached hydrogens (tertiary/aromatic N) is 3. The largest absolute Gasteiger partial charge is 0.496 e. The number of rotatable bonds is 3. The molecule has 110 valence electrons. The number of aromatic nitrogens is 1. The third kappa shape index (κ3) is 2.85. The molecular formula is C17H21N3O. The molecule has 1 atom stereocenters. The smallest absolute Gasteiger partial charge is 0.123 e. The Balaban J connectivity index is 1.87. The average molecular weight is 283 g/mol. The standard InChI is InChI=1S/C17H21N3O/c1-19-11-12-20(14-7-9-18-10-8-14)13-16(19)15-5-3-4-6-17(15)21-2/h3-10,16H,11-13H2,1-2H3. The number of anilines is 1. The molecule has 1 saturated heterocycles. The molecule has 2 aromatic rings. The van der Waals surface area contributed by atoms with Gasteiger partial charge < -0.3 is 9.64 Å². The molecule has 4 heteroatoms. The molecule has 4 nitrogen and oxygen atoms in total. The van der Waals surface area contributed by atoms with Gasteiger partial charge in [0.05, 0.1) is 13.2 Å². The first-order valence-electron chi connectivity index (χ1n) is 7.27. The molecule has 3 rings (SSSR count). The lowest BCUT2D eigenvalue weighted by molar-refractivity contribution is 0.216. The molecule has 0 amide bonds. The Hall–Kier alpha value is -2.07. The Morgan fingerprint density at radius 1 is 1.10 bits per heavy atom. The van der Waals surface area contributed by atoms with E-state index in [1.165, 1.54) is 11.3 Å². The van der Waals surface area contributed by atoms with Gasteiger partial charge in [0, 0.05) is 43.3 Å². The van der Waals surface area contributed by atoms with Crippen molar-refractivity contribution in [2.45, 2.75) is 6.04 Å². The van der Waals surface area contributed by atoms with Crippen LogP contribution in [0.25, 0.3) is 0 Å². The highest BCUT2D eigenvalue weighted by Gasteiger charge is 2.27. The van der Waals surface area contributed by atoms with Gasteiger partial charge in [0.15, 0.2) is 0 Å². The number of para-hydroxylation sites is 1. The predicted molar refractivity (Wildman–Crippen MR) is 84.8 cm³/mol. The number of hydrogen-bond acceptors (Lipinski definition) is 4. The van der Waals surface area contributed by atoms with E-state index in [2.05, 4.69) is 46.1 Å². The second kappa shape index (κ2) is 6.14. The topological polar surface area (TPSA) is 28.6 Å². The monoisotopic (exact) mass is 283 g/mol. The van der Waals surface area contributed by atoms with Crippen LogP contribution in [0.2, 0.25) is 0 Å². The zero-order valence-corrected chi connectivity index (χ0v) is 12.6. The summed E-state index contributed by atoms with van der Waals surface area (Å²) in [6, 6.07) is 12.8. The van der Waals surface area contributed by atoms with Crippen molar-refractivity contribution in [3.05, 3.63) is 54.4 Å². The number of hydrogen-bond donors (Lipinski definition) is 0. The Labute approximate surface area is 126 Å². The van der Waals surface area contributed by atoms with Crippen molar-refractivity contribution >= 4 is 5.69 Å². The fourth-order valence-corrected chi connectivity index (χ4v) is 2.94. The van der Waals surface area contributed by atoms with Gasteiger partial charge in [-0.1, -0.05) is 18.2 Å². The van der Waals surface area contributed by atoms with Crippen molar-refractivity contribution in [3.8, 4) is 5.75 Å². The van der Waals surface area contributed by atoms with Crippen LogP contribution in [0.4, 0.5) is 5.69 Å². The van der Waals surface area contributed by atoms with E-state index in [0.29, 0.717) is 6.04 Å².